The van der Waals surface area contributed by atoms with Gasteiger partial charge in [0.25, 0.3) is 0 Å². The monoisotopic (exact) mass is 896 g/mol. The average molecular weight is 896 g/mol. The fourth-order valence-electron chi connectivity index (χ4n) is 8.22. The molecule has 0 unspecified atom stereocenters. The molecular weight excluding hydrogens is 889 g/mol. The highest BCUT2D eigenvalue weighted by molar-refractivity contribution is 6.66. The first-order chi connectivity index (χ1) is 29.8. The van der Waals surface area contributed by atoms with Crippen LogP contribution in [0, 0.1) is 105 Å². The lowest BCUT2D eigenvalue weighted by molar-refractivity contribution is 0.407. The van der Waals surface area contributed by atoms with Gasteiger partial charge in [-0.1, -0.05) is 12.1 Å². The molecule has 10 aromatic carbocycles. The Hall–Kier alpha value is -7.06. The van der Waals surface area contributed by atoms with Crippen molar-refractivity contribution in [1.82, 2.24) is 0 Å². The van der Waals surface area contributed by atoms with Gasteiger partial charge >= 0.3 is 7.12 Å². The highest BCUT2D eigenvalue weighted by atomic mass is 19.2. The third kappa shape index (κ3) is 4.98. The van der Waals surface area contributed by atoms with Crippen molar-refractivity contribution in [2.24, 2.45) is 0 Å². The molecule has 0 aliphatic carbocycles. The van der Waals surface area contributed by atoms with E-state index >= 15 is 61.5 Å². The van der Waals surface area contributed by atoms with Crippen LogP contribution < -0.4 is 14.8 Å². The molecule has 0 heterocycles. The van der Waals surface area contributed by atoms with Crippen LogP contribution in [-0.2, 0) is 0 Å². The molecule has 0 atom stereocenters. The Labute approximate surface area is 334 Å². The predicted molar refractivity (Wildman–Crippen MR) is 190 cm³/mol. The molecule has 0 saturated carbocycles. The Morgan fingerprint density at radius 3 is 1.35 bits per heavy atom. The van der Waals surface area contributed by atoms with Crippen molar-refractivity contribution in [3.05, 3.63) is 147 Å². The van der Waals surface area contributed by atoms with Crippen molar-refractivity contribution in [2.45, 2.75) is 0 Å². The van der Waals surface area contributed by atoms with Crippen molar-refractivity contribution in [1.29, 1.82) is 0 Å². The van der Waals surface area contributed by atoms with E-state index in [0.29, 0.717) is 12.1 Å². The predicted octanol–water partition coefficient (Wildman–Crippen LogP) is 13.0. The fraction of sp³-hybridized carbons (Fsp3) is 0. The number of hydrogen-bond donors (Lipinski definition) is 0. The maximum Gasteiger partial charge on any atom is 0.636 e. The van der Waals surface area contributed by atoms with Gasteiger partial charge in [0.15, 0.2) is 93.1 Å². The Balaban J connectivity index is 1.37. The molecule has 63 heavy (non-hydrogen) atoms. The normalized spacial score (nSPS) is 12.3. The van der Waals surface area contributed by atoms with Crippen LogP contribution in [0.1, 0.15) is 0 Å². The summed E-state index contributed by atoms with van der Waals surface area (Å²) in [5.41, 5.74) is -2.01. The minimum absolute atomic E-state index is 0.0467. The van der Waals surface area contributed by atoms with Gasteiger partial charge in [-0.3, -0.25) is 0 Å². The van der Waals surface area contributed by atoms with Crippen LogP contribution >= 0.6 is 0 Å². The van der Waals surface area contributed by atoms with Crippen LogP contribution in [0.5, 0.6) is 11.5 Å². The van der Waals surface area contributed by atoms with Gasteiger partial charge in [-0.25, -0.2) is 74.6 Å². The molecule has 0 spiro atoms. The molecule has 10 rings (SSSR count). The zero-order valence-electron chi connectivity index (χ0n) is 29.7. The molecule has 0 amide bonds. The third-order valence-electron chi connectivity index (χ3n) is 10.9. The van der Waals surface area contributed by atoms with Gasteiger partial charge < -0.3 is 9.31 Å². The first-order valence-corrected chi connectivity index (χ1v) is 17.4. The molecule has 0 N–H and O–H groups in total. The summed E-state index contributed by atoms with van der Waals surface area (Å²) in [6.45, 7) is 0. The minimum atomic E-state index is -3.38. The summed E-state index contributed by atoms with van der Waals surface area (Å²) in [6.07, 6.45) is 0. The van der Waals surface area contributed by atoms with Gasteiger partial charge in [0.1, 0.15) is 23.1 Å². The number of benzene rings is 10. The van der Waals surface area contributed by atoms with Crippen molar-refractivity contribution >= 4 is 88.0 Å². The van der Waals surface area contributed by atoms with E-state index in [9.17, 15) is 17.6 Å². The highest BCUT2D eigenvalue weighted by Gasteiger charge is 2.43. The first-order valence-electron chi connectivity index (χ1n) is 17.4. The zero-order chi connectivity index (χ0) is 45.1. The van der Waals surface area contributed by atoms with Crippen LogP contribution in [0.4, 0.5) is 79.0 Å². The van der Waals surface area contributed by atoms with Crippen LogP contribution in [-0.4, -0.2) is 7.12 Å². The van der Waals surface area contributed by atoms with Gasteiger partial charge in [-0.15, -0.1) is 0 Å². The molecule has 0 radical (unpaired) electrons. The summed E-state index contributed by atoms with van der Waals surface area (Å²) in [6, 6.07) is 4.15. The molecule has 0 bridgehead atoms. The highest BCUT2D eigenvalue weighted by Crippen LogP contribution is 2.48. The third-order valence-corrected chi connectivity index (χ3v) is 10.9. The van der Waals surface area contributed by atoms with Gasteiger partial charge in [0.05, 0.1) is 37.8 Å². The number of hydrogen-bond acceptors (Lipinski definition) is 2. The maximum absolute atomic E-state index is 16.7. The van der Waals surface area contributed by atoms with Crippen LogP contribution in [0.2, 0.25) is 0 Å². The van der Waals surface area contributed by atoms with Gasteiger partial charge in [-0.05, 0) is 35.7 Å². The molecule has 0 aromatic heterocycles. The number of halogens is 18. The molecule has 0 aliphatic rings. The average Bonchev–Trinajstić information content (AvgIpc) is 3.25. The van der Waals surface area contributed by atoms with Crippen LogP contribution in [0.3, 0.4) is 0 Å². The second-order valence-electron chi connectivity index (χ2n) is 14.0. The molecule has 10 aromatic rings. The Morgan fingerprint density at radius 1 is 0.286 bits per heavy atom. The summed E-state index contributed by atoms with van der Waals surface area (Å²) in [7, 11) is -3.38. The summed E-state index contributed by atoms with van der Waals surface area (Å²) in [5.74, 6) is -45.1. The van der Waals surface area contributed by atoms with E-state index in [-0.39, 0.29) is 17.5 Å². The summed E-state index contributed by atoms with van der Waals surface area (Å²) >= 11 is 0. The van der Waals surface area contributed by atoms with Crippen LogP contribution in [0.15, 0.2) is 42.5 Å². The van der Waals surface area contributed by atoms with E-state index < -0.39 is 199 Å². The second kappa shape index (κ2) is 13.2. The van der Waals surface area contributed by atoms with E-state index in [0.717, 1.165) is 18.2 Å². The molecule has 0 fully saturated rings. The smallest absolute Gasteiger partial charge is 0.521 e. The van der Waals surface area contributed by atoms with E-state index in [2.05, 4.69) is 0 Å². The lowest BCUT2D eigenvalue weighted by Gasteiger charge is -2.24. The van der Waals surface area contributed by atoms with Gasteiger partial charge in [0, 0.05) is 37.7 Å². The first kappa shape index (κ1) is 40.0. The minimum Gasteiger partial charge on any atom is -0.521 e. The lowest BCUT2D eigenvalue weighted by atomic mass is 9.72. The Bertz CT molecular complexity index is 3720. The molecule has 316 valence electrons. The maximum atomic E-state index is 16.7. The van der Waals surface area contributed by atoms with E-state index in [4.69, 9.17) is 9.31 Å². The van der Waals surface area contributed by atoms with Crippen molar-refractivity contribution in [2.75, 3.05) is 0 Å². The molecular formula is C42H7BF18O2. The second-order valence-corrected chi connectivity index (χ2v) is 14.0. The topological polar surface area (TPSA) is 18.5 Å². The van der Waals surface area contributed by atoms with Crippen molar-refractivity contribution < 1.29 is 88.3 Å². The fourth-order valence-corrected chi connectivity index (χ4v) is 8.22. The molecule has 21 heteroatoms. The van der Waals surface area contributed by atoms with Gasteiger partial charge in [-0.2, -0.15) is 4.39 Å². The van der Waals surface area contributed by atoms with Crippen molar-refractivity contribution in [3.8, 4) is 11.5 Å². The summed E-state index contributed by atoms with van der Waals surface area (Å²) < 4.78 is 290. The summed E-state index contributed by atoms with van der Waals surface area (Å²) in [5, 5.41) is -19.2. The Kier molecular flexibility index (Phi) is 8.41. The van der Waals surface area contributed by atoms with Gasteiger partial charge in [0.2, 0.25) is 0 Å². The summed E-state index contributed by atoms with van der Waals surface area (Å²) in [4.78, 5) is 0. The van der Waals surface area contributed by atoms with E-state index in [1.54, 1.807) is 0 Å². The lowest BCUT2D eigenvalue weighted by Crippen LogP contribution is -2.46. The zero-order valence-corrected chi connectivity index (χ0v) is 29.7. The SMILES string of the molecule is Fc1cc2c(OB(Oc3c(F)c(F)c4c(F)c(F)c5c(F)ccc6ccc3c4c65)c3c(F)c(F)c4c(F)c(F)c5c(F)c(F)c(F)c6c(F)c(F)c3c4c56)ccc(F)c2c(F)c1F. The molecule has 0 saturated heterocycles. The van der Waals surface area contributed by atoms with Crippen molar-refractivity contribution in [3.63, 3.8) is 0 Å². The number of fused-ring (bicyclic) bond motifs is 1. The standard InChI is InChI=1S/C42H7BF18O2/c44-11-5-6-14(10-7-13(46)27(47)28(48)16(10)11)62-43(63-42-9-3-1-8-2-4-12(45)18-15(8)17(9)22(31(51)29(18)49)38(58)41(42)61)26-21-19-20-24(32(52)30(21)50)36(56)40(60)37(57)25(20)34(54)33(53)23(19)35(55)39(26)59/h1-7H. The largest absolute Gasteiger partial charge is 0.636 e. The van der Waals surface area contributed by atoms with Crippen LogP contribution in [0.25, 0.3) is 75.4 Å². The quantitative estimate of drug-likeness (QED) is 0.0742. The van der Waals surface area contributed by atoms with E-state index in [1.807, 2.05) is 0 Å². The Morgan fingerprint density at radius 2 is 0.730 bits per heavy atom. The molecule has 2 nitrogen and oxygen atoms in total. The van der Waals surface area contributed by atoms with E-state index in [1.165, 1.54) is 0 Å². The number of rotatable bonds is 5. The molecule has 0 aliphatic heterocycles.